The van der Waals surface area contributed by atoms with E-state index in [1.165, 1.54) is 0 Å². The first kappa shape index (κ1) is 14.1. The standard InChI is InChI=1S/C12H6ClF3N2O2/c13-7-1-5(12(19)20)4-17-11(7)18-9-3-6(14)2-8(15)10(9)16/h1-4H,(H,17,18)(H,19,20). The average Bonchev–Trinajstić information content (AvgIpc) is 2.37. The third kappa shape index (κ3) is 2.83. The van der Waals surface area contributed by atoms with Crippen molar-refractivity contribution < 1.29 is 23.1 Å². The van der Waals surface area contributed by atoms with E-state index in [-0.39, 0.29) is 16.4 Å². The molecule has 0 radical (unpaired) electrons. The quantitative estimate of drug-likeness (QED) is 0.851. The van der Waals surface area contributed by atoms with Gasteiger partial charge in [0.2, 0.25) is 0 Å². The summed E-state index contributed by atoms with van der Waals surface area (Å²) >= 11 is 5.76. The van der Waals surface area contributed by atoms with Crippen LogP contribution in [0.4, 0.5) is 24.7 Å². The van der Waals surface area contributed by atoms with Crippen LogP contribution in [0.3, 0.4) is 0 Å². The van der Waals surface area contributed by atoms with Crippen LogP contribution in [0, 0.1) is 17.5 Å². The Labute approximate surface area is 115 Å². The van der Waals surface area contributed by atoms with E-state index in [1.807, 2.05) is 0 Å². The zero-order valence-corrected chi connectivity index (χ0v) is 10.4. The molecule has 0 unspecified atom stereocenters. The van der Waals surface area contributed by atoms with Gasteiger partial charge < -0.3 is 10.4 Å². The van der Waals surface area contributed by atoms with Crippen molar-refractivity contribution in [3.8, 4) is 0 Å². The summed E-state index contributed by atoms with van der Waals surface area (Å²) in [7, 11) is 0. The van der Waals surface area contributed by atoms with Gasteiger partial charge in [-0.3, -0.25) is 0 Å². The molecule has 20 heavy (non-hydrogen) atoms. The SMILES string of the molecule is O=C(O)c1cnc(Nc2cc(F)cc(F)c2F)c(Cl)c1. The number of anilines is 2. The number of nitrogens with one attached hydrogen (secondary N) is 1. The van der Waals surface area contributed by atoms with E-state index in [9.17, 15) is 18.0 Å². The molecular formula is C12H6ClF3N2O2. The molecule has 2 aromatic rings. The molecule has 0 spiro atoms. The highest BCUT2D eigenvalue weighted by Crippen LogP contribution is 2.27. The fourth-order valence-electron chi connectivity index (χ4n) is 1.42. The van der Waals surface area contributed by atoms with Crippen LogP contribution in [-0.4, -0.2) is 16.1 Å². The van der Waals surface area contributed by atoms with E-state index in [0.29, 0.717) is 6.07 Å². The van der Waals surface area contributed by atoms with Crippen LogP contribution in [0.5, 0.6) is 0 Å². The number of halogens is 4. The number of nitrogens with zero attached hydrogens (tertiary/aromatic N) is 1. The molecular weight excluding hydrogens is 297 g/mol. The Balaban J connectivity index is 2.38. The zero-order valence-electron chi connectivity index (χ0n) is 9.62. The van der Waals surface area contributed by atoms with Gasteiger partial charge in [0.05, 0.1) is 16.3 Å². The second-order valence-electron chi connectivity index (χ2n) is 3.73. The van der Waals surface area contributed by atoms with Crippen LogP contribution in [-0.2, 0) is 0 Å². The summed E-state index contributed by atoms with van der Waals surface area (Å²) in [4.78, 5) is 14.3. The van der Waals surface area contributed by atoms with Gasteiger partial charge in [0, 0.05) is 18.3 Å². The lowest BCUT2D eigenvalue weighted by Crippen LogP contribution is -2.03. The highest BCUT2D eigenvalue weighted by atomic mass is 35.5. The average molecular weight is 303 g/mol. The number of aromatic nitrogens is 1. The highest BCUT2D eigenvalue weighted by Gasteiger charge is 2.14. The van der Waals surface area contributed by atoms with Gasteiger partial charge in [-0.15, -0.1) is 0 Å². The lowest BCUT2D eigenvalue weighted by atomic mass is 10.2. The van der Waals surface area contributed by atoms with Crippen LogP contribution in [0.2, 0.25) is 5.02 Å². The van der Waals surface area contributed by atoms with Crippen molar-refractivity contribution in [1.82, 2.24) is 4.98 Å². The van der Waals surface area contributed by atoms with Gasteiger partial charge in [-0.05, 0) is 6.07 Å². The number of hydrogen-bond acceptors (Lipinski definition) is 3. The van der Waals surface area contributed by atoms with Crippen molar-refractivity contribution in [3.63, 3.8) is 0 Å². The Kier molecular flexibility index (Phi) is 3.80. The lowest BCUT2D eigenvalue weighted by molar-refractivity contribution is 0.0696. The van der Waals surface area contributed by atoms with Gasteiger partial charge in [0.25, 0.3) is 0 Å². The minimum absolute atomic E-state index is 0.124. The summed E-state index contributed by atoms with van der Waals surface area (Å²) in [5.74, 6) is -5.02. The third-order valence-corrected chi connectivity index (χ3v) is 2.62. The zero-order chi connectivity index (χ0) is 14.9. The Morgan fingerprint density at radius 1 is 1.25 bits per heavy atom. The number of hydrogen-bond donors (Lipinski definition) is 2. The summed E-state index contributed by atoms with van der Waals surface area (Å²) in [6, 6.07) is 2.19. The molecule has 2 rings (SSSR count). The Hall–Kier alpha value is -2.28. The Morgan fingerprint density at radius 3 is 2.55 bits per heavy atom. The van der Waals surface area contributed by atoms with Crippen LogP contribution in [0.25, 0.3) is 0 Å². The van der Waals surface area contributed by atoms with Gasteiger partial charge >= 0.3 is 5.97 Å². The molecule has 0 fully saturated rings. The fraction of sp³-hybridized carbons (Fsp3) is 0. The summed E-state index contributed by atoms with van der Waals surface area (Å²) < 4.78 is 39.5. The van der Waals surface area contributed by atoms with E-state index >= 15 is 0 Å². The van der Waals surface area contributed by atoms with Crippen molar-refractivity contribution in [2.45, 2.75) is 0 Å². The van der Waals surface area contributed by atoms with Crippen molar-refractivity contribution in [1.29, 1.82) is 0 Å². The first-order valence-corrected chi connectivity index (χ1v) is 5.56. The third-order valence-electron chi connectivity index (χ3n) is 2.33. The van der Waals surface area contributed by atoms with Gasteiger partial charge in [0.1, 0.15) is 11.6 Å². The molecule has 0 saturated carbocycles. The molecule has 0 saturated heterocycles. The first-order valence-electron chi connectivity index (χ1n) is 5.19. The normalized spacial score (nSPS) is 10.4. The Bertz CT molecular complexity index is 695. The summed E-state index contributed by atoms with van der Waals surface area (Å²) in [6.45, 7) is 0. The molecule has 8 heteroatoms. The fourth-order valence-corrected chi connectivity index (χ4v) is 1.63. The van der Waals surface area contributed by atoms with Gasteiger partial charge in [-0.1, -0.05) is 11.6 Å². The predicted octanol–water partition coefficient (Wildman–Crippen LogP) is 3.59. The first-order chi connectivity index (χ1) is 9.38. The minimum atomic E-state index is -1.37. The summed E-state index contributed by atoms with van der Waals surface area (Å²) in [5, 5.41) is 10.9. The number of carbonyl (C=O) groups is 1. The number of pyridine rings is 1. The molecule has 0 atom stereocenters. The maximum atomic E-state index is 13.4. The second kappa shape index (κ2) is 5.38. The maximum absolute atomic E-state index is 13.4. The second-order valence-corrected chi connectivity index (χ2v) is 4.14. The number of aromatic carboxylic acids is 1. The molecule has 0 amide bonds. The summed E-state index contributed by atoms with van der Waals surface area (Å²) in [6.07, 6.45) is 0.976. The van der Waals surface area contributed by atoms with Crippen molar-refractivity contribution >= 4 is 29.1 Å². The molecule has 1 aromatic carbocycles. The van der Waals surface area contributed by atoms with Crippen molar-refractivity contribution in [2.24, 2.45) is 0 Å². The van der Waals surface area contributed by atoms with Crippen LogP contribution in [0.15, 0.2) is 24.4 Å². The monoisotopic (exact) mass is 302 g/mol. The van der Waals surface area contributed by atoms with E-state index in [4.69, 9.17) is 16.7 Å². The number of carboxylic acid groups (broad SMARTS) is 1. The predicted molar refractivity (Wildman–Crippen MR) is 65.8 cm³/mol. The van der Waals surface area contributed by atoms with E-state index < -0.39 is 29.1 Å². The van der Waals surface area contributed by atoms with Crippen LogP contribution < -0.4 is 5.32 Å². The molecule has 2 N–H and O–H groups in total. The van der Waals surface area contributed by atoms with E-state index in [0.717, 1.165) is 18.3 Å². The molecule has 104 valence electrons. The van der Waals surface area contributed by atoms with Crippen LogP contribution >= 0.6 is 11.6 Å². The van der Waals surface area contributed by atoms with Gasteiger partial charge in [0.15, 0.2) is 11.6 Å². The van der Waals surface area contributed by atoms with E-state index in [1.54, 1.807) is 0 Å². The van der Waals surface area contributed by atoms with Gasteiger partial charge in [-0.2, -0.15) is 0 Å². The molecule has 0 bridgehead atoms. The van der Waals surface area contributed by atoms with Crippen LogP contribution in [0.1, 0.15) is 10.4 Å². The summed E-state index contributed by atoms with van der Waals surface area (Å²) in [5.41, 5.74) is -0.675. The van der Waals surface area contributed by atoms with E-state index in [2.05, 4.69) is 10.3 Å². The Morgan fingerprint density at radius 2 is 1.95 bits per heavy atom. The molecule has 0 aliphatic carbocycles. The van der Waals surface area contributed by atoms with Gasteiger partial charge in [-0.25, -0.2) is 22.9 Å². The topological polar surface area (TPSA) is 62.2 Å². The number of rotatable bonds is 3. The smallest absolute Gasteiger partial charge is 0.337 e. The maximum Gasteiger partial charge on any atom is 0.337 e. The largest absolute Gasteiger partial charge is 0.478 e. The van der Waals surface area contributed by atoms with Crippen molar-refractivity contribution in [2.75, 3.05) is 5.32 Å². The highest BCUT2D eigenvalue weighted by molar-refractivity contribution is 6.33. The number of benzene rings is 1. The molecule has 4 nitrogen and oxygen atoms in total. The molecule has 1 aromatic heterocycles. The molecule has 1 heterocycles. The number of carboxylic acids is 1. The lowest BCUT2D eigenvalue weighted by Gasteiger charge is -2.09. The van der Waals surface area contributed by atoms with Crippen molar-refractivity contribution in [3.05, 3.63) is 52.4 Å². The molecule has 0 aliphatic heterocycles. The molecule has 0 aliphatic rings. The minimum Gasteiger partial charge on any atom is -0.478 e.